The molecule has 2 aliphatic rings. The number of benzene rings is 1. The number of alkyl halides is 1. The number of nitriles is 1. The second kappa shape index (κ2) is 8.20. The molecule has 9 nitrogen and oxygen atoms in total. The first-order valence-electron chi connectivity index (χ1n) is 9.09. The smallest absolute Gasteiger partial charge is 0.336 e. The molecular weight excluding hydrogens is 437 g/mol. The Kier molecular flexibility index (Phi) is 6.01. The average Bonchev–Trinajstić information content (AvgIpc) is 2.64. The van der Waals surface area contributed by atoms with Gasteiger partial charge in [-0.15, -0.1) is 0 Å². The minimum absolute atomic E-state index is 0.0224. The summed E-state index contributed by atoms with van der Waals surface area (Å²) in [5, 5.41) is 13.8. The Balaban J connectivity index is 1.77. The number of carbonyl (C=O) groups excluding carboxylic acids is 2. The number of carbonyl (C=O) groups is 2. The highest BCUT2D eigenvalue weighted by Crippen LogP contribution is 2.35. The van der Waals surface area contributed by atoms with Crippen LogP contribution < -0.4 is 10.6 Å². The average molecular weight is 457 g/mol. The van der Waals surface area contributed by atoms with E-state index >= 15 is 0 Å². The molecule has 0 aliphatic carbocycles. The van der Waals surface area contributed by atoms with Gasteiger partial charge in [0.2, 0.25) is 11.6 Å². The highest BCUT2D eigenvalue weighted by Gasteiger charge is 2.41. The molecule has 12 heteroatoms. The van der Waals surface area contributed by atoms with Gasteiger partial charge in [0.1, 0.15) is 30.4 Å². The third-order valence-electron chi connectivity index (χ3n) is 5.02. The second-order valence-electron chi connectivity index (χ2n) is 7.18. The van der Waals surface area contributed by atoms with E-state index in [1.807, 2.05) is 6.07 Å². The van der Waals surface area contributed by atoms with Gasteiger partial charge in [0, 0.05) is 6.42 Å². The maximum absolute atomic E-state index is 14.5. The summed E-state index contributed by atoms with van der Waals surface area (Å²) in [6, 6.07) is 4.53. The molecule has 2 unspecified atom stereocenters. The molecule has 3 rings (SSSR count). The van der Waals surface area contributed by atoms with Crippen LogP contribution in [0.1, 0.15) is 13.3 Å². The fourth-order valence-electron chi connectivity index (χ4n) is 3.73. The zero-order chi connectivity index (χ0) is 22.2. The number of amides is 3. The van der Waals surface area contributed by atoms with Crippen molar-refractivity contribution < 1.29 is 27.0 Å². The lowest BCUT2D eigenvalue weighted by Crippen LogP contribution is -2.53. The summed E-state index contributed by atoms with van der Waals surface area (Å²) < 4.78 is 42.1. The van der Waals surface area contributed by atoms with Crippen molar-refractivity contribution >= 4 is 45.0 Å². The first-order valence-corrected chi connectivity index (χ1v) is 10.9. The summed E-state index contributed by atoms with van der Waals surface area (Å²) in [7, 11) is -2.73. The highest BCUT2D eigenvalue weighted by atomic mass is 35.5. The van der Waals surface area contributed by atoms with Crippen LogP contribution >= 0.6 is 11.6 Å². The molecule has 0 saturated heterocycles. The third kappa shape index (κ3) is 3.97. The Morgan fingerprint density at radius 1 is 1.53 bits per heavy atom. The Hall–Kier alpha value is -2.71. The van der Waals surface area contributed by atoms with Crippen LogP contribution in [0.5, 0.6) is 0 Å². The van der Waals surface area contributed by atoms with Crippen LogP contribution in [0.2, 0.25) is 5.02 Å². The zero-order valence-corrected chi connectivity index (χ0v) is 17.8. The molecule has 0 bridgehead atoms. The topological polar surface area (TPSA) is 122 Å². The molecule has 0 saturated carbocycles. The number of hydrogen-bond acceptors (Lipinski definition) is 5. The predicted molar refractivity (Wildman–Crippen MR) is 107 cm³/mol. The molecule has 0 radical (unpaired) electrons. The van der Waals surface area contributed by atoms with E-state index in [1.165, 1.54) is 18.2 Å². The lowest BCUT2D eigenvalue weighted by molar-refractivity contribution is -0.512. The lowest BCUT2D eigenvalue weighted by atomic mass is 9.93. The molecule has 1 aromatic rings. The van der Waals surface area contributed by atoms with E-state index in [9.17, 15) is 22.4 Å². The first kappa shape index (κ1) is 22.0. The van der Waals surface area contributed by atoms with Crippen molar-refractivity contribution in [2.24, 2.45) is 5.92 Å². The summed E-state index contributed by atoms with van der Waals surface area (Å²) in [5.74, 6) is -1.24. The van der Waals surface area contributed by atoms with Gasteiger partial charge in [-0.1, -0.05) is 17.7 Å². The van der Waals surface area contributed by atoms with Crippen LogP contribution in [0.15, 0.2) is 23.1 Å². The number of halogens is 2. The summed E-state index contributed by atoms with van der Waals surface area (Å²) in [4.78, 5) is 24.5. The minimum atomic E-state index is -4.35. The van der Waals surface area contributed by atoms with E-state index in [4.69, 9.17) is 16.9 Å². The SMILES string of the molecule is C[C@H](NC(=O)CN1C(=O)Nc2cccc(Cl)c2S1(=O)=O)C1=[N+](C)CC(C#N)CC1F. The molecule has 2 heterocycles. The molecule has 0 spiro atoms. The number of nitrogens with one attached hydrogen (secondary N) is 2. The Morgan fingerprint density at radius 3 is 2.87 bits per heavy atom. The molecule has 0 aromatic heterocycles. The van der Waals surface area contributed by atoms with Gasteiger partial charge in [0.15, 0.2) is 12.7 Å². The standard InChI is InChI=1S/C18H19ClFN5O4S/c1-10(16-13(20)6-11(7-21)8-24(16)2)22-15(26)9-25-18(27)23-14-5-3-4-12(19)17(14)30(25,28)29/h3-5,10-11,13H,6,8-9H2,1-2H3,(H-,22,23,26,27)/p+1/t10-,11?,13?/m0/s1. The molecule has 0 fully saturated rings. The molecule has 30 heavy (non-hydrogen) atoms. The van der Waals surface area contributed by atoms with E-state index in [-0.39, 0.29) is 27.7 Å². The monoisotopic (exact) mass is 456 g/mol. The van der Waals surface area contributed by atoms with Crippen molar-refractivity contribution in [1.29, 1.82) is 5.26 Å². The summed E-state index contributed by atoms with van der Waals surface area (Å²) >= 11 is 5.99. The van der Waals surface area contributed by atoms with Gasteiger partial charge in [-0.3, -0.25) is 4.79 Å². The molecule has 160 valence electrons. The predicted octanol–water partition coefficient (Wildman–Crippen LogP) is 1.35. The fraction of sp³-hybridized carbons (Fsp3) is 0.444. The lowest BCUT2D eigenvalue weighted by Gasteiger charge is -2.29. The summed E-state index contributed by atoms with van der Waals surface area (Å²) in [6.45, 7) is 1.09. The van der Waals surface area contributed by atoms with E-state index in [0.717, 1.165) is 0 Å². The maximum Gasteiger partial charge on any atom is 0.336 e. The van der Waals surface area contributed by atoms with Gasteiger partial charge in [-0.05, 0) is 19.1 Å². The Bertz CT molecular complexity index is 1080. The van der Waals surface area contributed by atoms with Crippen LogP contribution in [0.4, 0.5) is 14.9 Å². The fourth-order valence-corrected chi connectivity index (χ4v) is 5.68. The van der Waals surface area contributed by atoms with Gasteiger partial charge in [-0.25, -0.2) is 26.5 Å². The van der Waals surface area contributed by atoms with Crippen LogP contribution in [0.25, 0.3) is 0 Å². The first-order chi connectivity index (χ1) is 14.1. The molecule has 2 N–H and O–H groups in total. The number of rotatable bonds is 4. The van der Waals surface area contributed by atoms with Crippen LogP contribution in [0.3, 0.4) is 0 Å². The van der Waals surface area contributed by atoms with Crippen molar-refractivity contribution in [2.45, 2.75) is 30.5 Å². The summed E-state index contributed by atoms with van der Waals surface area (Å²) in [5.41, 5.74) is 0.318. The van der Waals surface area contributed by atoms with E-state index in [1.54, 1.807) is 18.5 Å². The highest BCUT2D eigenvalue weighted by molar-refractivity contribution is 7.90. The number of urea groups is 1. The van der Waals surface area contributed by atoms with Crippen molar-refractivity contribution in [3.05, 3.63) is 23.2 Å². The van der Waals surface area contributed by atoms with E-state index in [2.05, 4.69) is 10.6 Å². The van der Waals surface area contributed by atoms with E-state index in [0.29, 0.717) is 10.8 Å². The molecule has 3 atom stereocenters. The number of sulfonamides is 1. The zero-order valence-electron chi connectivity index (χ0n) is 16.2. The van der Waals surface area contributed by atoms with Crippen LogP contribution in [0, 0.1) is 17.2 Å². The van der Waals surface area contributed by atoms with Gasteiger partial charge in [0.05, 0.1) is 16.8 Å². The number of fused-ring (bicyclic) bond motifs is 1. The Morgan fingerprint density at radius 2 is 2.23 bits per heavy atom. The molecule has 1 aromatic carbocycles. The quantitative estimate of drug-likeness (QED) is 0.662. The maximum atomic E-state index is 14.5. The largest absolute Gasteiger partial charge is 0.342 e. The number of nitrogens with zero attached hydrogens (tertiary/aromatic N) is 3. The van der Waals surface area contributed by atoms with Crippen molar-refractivity contribution in [1.82, 2.24) is 9.62 Å². The van der Waals surface area contributed by atoms with Crippen molar-refractivity contribution in [3.8, 4) is 6.07 Å². The van der Waals surface area contributed by atoms with Crippen molar-refractivity contribution in [2.75, 3.05) is 25.5 Å². The molecule has 3 amide bonds. The Labute approximate surface area is 178 Å². The van der Waals surface area contributed by atoms with Gasteiger partial charge >= 0.3 is 6.03 Å². The van der Waals surface area contributed by atoms with E-state index < -0.39 is 46.6 Å². The van der Waals surface area contributed by atoms with Gasteiger partial charge in [0.25, 0.3) is 10.0 Å². The minimum Gasteiger partial charge on any atom is -0.342 e. The summed E-state index contributed by atoms with van der Waals surface area (Å²) in [6.07, 6.45) is -1.40. The number of hydrogen-bond donors (Lipinski definition) is 2. The van der Waals surface area contributed by atoms with Crippen LogP contribution in [-0.4, -0.2) is 67.3 Å². The molecular formula is C18H20ClFN5O4S+. The third-order valence-corrected chi connectivity index (χ3v) is 7.28. The van der Waals surface area contributed by atoms with Crippen LogP contribution in [-0.2, 0) is 14.8 Å². The van der Waals surface area contributed by atoms with Gasteiger partial charge in [-0.2, -0.15) is 5.26 Å². The van der Waals surface area contributed by atoms with Crippen molar-refractivity contribution in [3.63, 3.8) is 0 Å². The number of anilines is 1. The molecule has 2 aliphatic heterocycles. The second-order valence-corrected chi connectivity index (χ2v) is 9.39. The normalized spacial score (nSPS) is 23.8. The van der Waals surface area contributed by atoms with Gasteiger partial charge < -0.3 is 10.6 Å².